The van der Waals surface area contributed by atoms with Crippen molar-refractivity contribution < 1.29 is 80.2 Å². The van der Waals surface area contributed by atoms with Crippen molar-refractivity contribution in [2.45, 2.75) is 446 Å². The Bertz CT molecular complexity index is 1960. The first kappa shape index (κ1) is 99.1. The minimum atomic E-state index is -4.96. The number of hydrogen-bond acceptors (Lipinski definition) is 15. The summed E-state index contributed by atoms with van der Waals surface area (Å²) in [6, 6.07) is 0. The molecular formula is C82H160O17P2. The van der Waals surface area contributed by atoms with Crippen LogP contribution in [0.1, 0.15) is 427 Å². The van der Waals surface area contributed by atoms with E-state index in [0.29, 0.717) is 25.7 Å². The zero-order valence-corrected chi connectivity index (χ0v) is 68.2. The number of esters is 4. The van der Waals surface area contributed by atoms with Gasteiger partial charge in [-0.2, -0.15) is 0 Å². The van der Waals surface area contributed by atoms with Crippen LogP contribution in [0.4, 0.5) is 0 Å². The third-order valence-electron chi connectivity index (χ3n) is 19.5. The molecule has 3 unspecified atom stereocenters. The molecule has 0 fully saturated rings. The maximum absolute atomic E-state index is 13.1. The molecule has 0 aromatic carbocycles. The Morgan fingerprint density at radius 3 is 0.752 bits per heavy atom. The summed E-state index contributed by atoms with van der Waals surface area (Å²) >= 11 is 0. The minimum Gasteiger partial charge on any atom is -0.462 e. The maximum Gasteiger partial charge on any atom is 0.472 e. The van der Waals surface area contributed by atoms with Crippen LogP contribution in [0, 0.1) is 17.8 Å². The number of phosphoric ester groups is 2. The predicted octanol–water partition coefficient (Wildman–Crippen LogP) is 24.5. The maximum atomic E-state index is 13.1. The van der Waals surface area contributed by atoms with Crippen LogP contribution >= 0.6 is 15.6 Å². The lowest BCUT2D eigenvalue weighted by Crippen LogP contribution is -2.30. The summed E-state index contributed by atoms with van der Waals surface area (Å²) in [7, 11) is -9.92. The van der Waals surface area contributed by atoms with Gasteiger partial charge < -0.3 is 33.8 Å². The fourth-order valence-electron chi connectivity index (χ4n) is 12.6. The second-order valence-corrected chi connectivity index (χ2v) is 33.6. The van der Waals surface area contributed by atoms with Crippen LogP contribution in [0.3, 0.4) is 0 Å². The molecule has 0 aromatic rings. The number of rotatable bonds is 80. The first-order chi connectivity index (χ1) is 48.8. The van der Waals surface area contributed by atoms with Crippen molar-refractivity contribution in [3.63, 3.8) is 0 Å². The smallest absolute Gasteiger partial charge is 0.462 e. The molecule has 101 heavy (non-hydrogen) atoms. The minimum absolute atomic E-state index is 0.104. The molecule has 0 rings (SSSR count). The highest BCUT2D eigenvalue weighted by molar-refractivity contribution is 7.47. The van der Waals surface area contributed by atoms with Crippen LogP contribution in [0.5, 0.6) is 0 Å². The quantitative estimate of drug-likeness (QED) is 0.0222. The van der Waals surface area contributed by atoms with Gasteiger partial charge in [-0.15, -0.1) is 0 Å². The van der Waals surface area contributed by atoms with Crippen LogP contribution < -0.4 is 0 Å². The van der Waals surface area contributed by atoms with E-state index in [1.165, 1.54) is 238 Å². The van der Waals surface area contributed by atoms with Crippen molar-refractivity contribution in [3.05, 3.63) is 0 Å². The molecule has 3 N–H and O–H groups in total. The number of phosphoric acid groups is 2. The van der Waals surface area contributed by atoms with Crippen molar-refractivity contribution in [3.8, 4) is 0 Å². The van der Waals surface area contributed by atoms with Gasteiger partial charge in [-0.25, -0.2) is 9.13 Å². The SMILES string of the molecule is CCCCCCCCCCCCCCCCCCCCCCCC(=O)O[C@H](COC(=O)CCCCCCCCCCCCCCCCC(C)CC)COP(=O)(O)OC[C@@H](O)COP(=O)(O)OC[C@@H](COC(=O)CCCCCCCCCCC(C)C)OC(=O)CCCCCCCCCCC(C)C. The van der Waals surface area contributed by atoms with E-state index in [9.17, 15) is 43.2 Å². The van der Waals surface area contributed by atoms with Crippen LogP contribution in [-0.2, 0) is 65.4 Å². The van der Waals surface area contributed by atoms with Crippen molar-refractivity contribution in [2.24, 2.45) is 17.8 Å². The Labute approximate surface area is 619 Å². The summed E-state index contributed by atoms with van der Waals surface area (Å²) in [5.41, 5.74) is 0. The fraction of sp³-hybridized carbons (Fsp3) is 0.951. The van der Waals surface area contributed by atoms with E-state index in [2.05, 4.69) is 48.5 Å². The molecule has 6 atom stereocenters. The highest BCUT2D eigenvalue weighted by atomic mass is 31.2. The average Bonchev–Trinajstić information content (AvgIpc) is 0.919. The molecule has 0 saturated carbocycles. The summed E-state index contributed by atoms with van der Waals surface area (Å²) in [6.07, 6.45) is 61.2. The summed E-state index contributed by atoms with van der Waals surface area (Å²) in [5, 5.41) is 10.6. The summed E-state index contributed by atoms with van der Waals surface area (Å²) in [6.45, 7) is 11.9. The topological polar surface area (TPSA) is 237 Å². The van der Waals surface area contributed by atoms with E-state index < -0.39 is 97.5 Å². The number of aliphatic hydroxyl groups is 1. The van der Waals surface area contributed by atoms with Gasteiger partial charge >= 0.3 is 39.5 Å². The highest BCUT2D eigenvalue weighted by Crippen LogP contribution is 2.45. The van der Waals surface area contributed by atoms with Crippen molar-refractivity contribution in [1.29, 1.82) is 0 Å². The van der Waals surface area contributed by atoms with Crippen molar-refractivity contribution >= 4 is 39.5 Å². The lowest BCUT2D eigenvalue weighted by atomic mass is 9.99. The van der Waals surface area contributed by atoms with Gasteiger partial charge in [-0.05, 0) is 43.4 Å². The zero-order chi connectivity index (χ0) is 74.4. The van der Waals surface area contributed by atoms with Gasteiger partial charge in [-0.1, -0.05) is 376 Å². The van der Waals surface area contributed by atoms with E-state index in [1.807, 2.05) is 0 Å². The Morgan fingerprint density at radius 2 is 0.505 bits per heavy atom. The zero-order valence-electron chi connectivity index (χ0n) is 66.4. The molecule has 19 heteroatoms. The molecule has 17 nitrogen and oxygen atoms in total. The van der Waals surface area contributed by atoms with Gasteiger partial charge in [0.15, 0.2) is 12.2 Å². The Hall–Kier alpha value is -1.94. The molecule has 0 bridgehead atoms. The number of unbranched alkanes of at least 4 members (excludes halogenated alkanes) is 47. The van der Waals surface area contributed by atoms with Gasteiger partial charge in [0, 0.05) is 25.7 Å². The first-order valence-electron chi connectivity index (χ1n) is 42.4. The molecule has 0 aliphatic carbocycles. The van der Waals surface area contributed by atoms with E-state index in [-0.39, 0.29) is 25.7 Å². The van der Waals surface area contributed by atoms with Crippen LogP contribution in [0.25, 0.3) is 0 Å². The third-order valence-corrected chi connectivity index (χ3v) is 21.4. The number of carbonyl (C=O) groups is 4. The largest absolute Gasteiger partial charge is 0.472 e. The molecule has 600 valence electrons. The van der Waals surface area contributed by atoms with Gasteiger partial charge in [-0.3, -0.25) is 37.3 Å². The van der Waals surface area contributed by atoms with Gasteiger partial charge in [0.25, 0.3) is 0 Å². The molecule has 0 amide bonds. The summed E-state index contributed by atoms with van der Waals surface area (Å²) < 4.78 is 68.7. The van der Waals surface area contributed by atoms with E-state index >= 15 is 0 Å². The number of hydrogen-bond donors (Lipinski definition) is 3. The number of ether oxygens (including phenoxy) is 4. The molecule has 0 spiro atoms. The van der Waals surface area contributed by atoms with Gasteiger partial charge in [0.05, 0.1) is 26.4 Å². The molecule has 0 aliphatic heterocycles. The first-order valence-corrected chi connectivity index (χ1v) is 45.4. The standard InChI is InChI=1S/C82H160O17P2/c1-8-10-11-12-13-14-15-16-17-18-19-20-21-22-23-28-31-34-44-51-58-65-81(86)98-77(69-92-79(84)63-56-49-42-33-30-27-25-24-26-29-32-41-48-55-62-75(7)9-2)71-96-100(88,89)94-67-76(83)68-95-101(90,91)97-72-78(99-82(87)66-59-52-45-38-36-40-47-54-61-74(5)6)70-93-80(85)64-57-50-43-37-35-39-46-53-60-73(3)4/h73-78,83H,8-72H2,1-7H3,(H,88,89)(H,90,91)/t75?,76-,77-,78-/m1/s1. The normalized spacial score (nSPS) is 14.2. The lowest BCUT2D eigenvalue weighted by Gasteiger charge is -2.21. The van der Waals surface area contributed by atoms with Crippen molar-refractivity contribution in [2.75, 3.05) is 39.6 Å². The van der Waals surface area contributed by atoms with Crippen LogP contribution in [0.2, 0.25) is 0 Å². The Morgan fingerprint density at radius 1 is 0.287 bits per heavy atom. The summed E-state index contributed by atoms with van der Waals surface area (Å²) in [5.74, 6) is 0.181. The Balaban J connectivity index is 5.22. The van der Waals surface area contributed by atoms with E-state index in [4.69, 9.17) is 37.0 Å². The molecule has 0 aromatic heterocycles. The van der Waals surface area contributed by atoms with Gasteiger partial charge in [0.1, 0.15) is 19.3 Å². The number of aliphatic hydroxyl groups excluding tert-OH is 1. The molecular weight excluding hydrogens is 1320 g/mol. The molecule has 0 aliphatic rings. The fourth-order valence-corrected chi connectivity index (χ4v) is 14.2. The van der Waals surface area contributed by atoms with Crippen molar-refractivity contribution in [1.82, 2.24) is 0 Å². The van der Waals surface area contributed by atoms with Crippen LogP contribution in [-0.4, -0.2) is 96.7 Å². The second-order valence-electron chi connectivity index (χ2n) is 30.7. The van der Waals surface area contributed by atoms with Crippen LogP contribution in [0.15, 0.2) is 0 Å². The van der Waals surface area contributed by atoms with E-state index in [1.54, 1.807) is 0 Å². The summed E-state index contributed by atoms with van der Waals surface area (Å²) in [4.78, 5) is 73.0. The molecule has 0 saturated heterocycles. The highest BCUT2D eigenvalue weighted by Gasteiger charge is 2.30. The van der Waals surface area contributed by atoms with E-state index in [0.717, 1.165) is 108 Å². The third kappa shape index (κ3) is 74.7. The number of carbonyl (C=O) groups excluding carboxylic acids is 4. The lowest BCUT2D eigenvalue weighted by molar-refractivity contribution is -0.161. The monoisotopic (exact) mass is 1480 g/mol. The van der Waals surface area contributed by atoms with Gasteiger partial charge in [0.2, 0.25) is 0 Å². The average molecular weight is 1480 g/mol. The molecule has 0 heterocycles. The predicted molar refractivity (Wildman–Crippen MR) is 414 cm³/mol. The second kappa shape index (κ2) is 72.3. The molecule has 0 radical (unpaired) electrons. The Kier molecular flexibility index (Phi) is 70.9.